The van der Waals surface area contributed by atoms with Crippen molar-refractivity contribution in [2.24, 2.45) is 5.92 Å². The summed E-state index contributed by atoms with van der Waals surface area (Å²) in [5.41, 5.74) is 1.74. The fraction of sp³-hybridized carbons (Fsp3) is 0.625. The Morgan fingerprint density at radius 2 is 1.95 bits per heavy atom. The highest BCUT2D eigenvalue weighted by molar-refractivity contribution is 6.31. The number of benzene rings is 1. The van der Waals surface area contributed by atoms with Crippen LogP contribution in [0.25, 0.3) is 0 Å². The molecule has 0 saturated heterocycles. The zero-order chi connectivity index (χ0) is 14.3. The second-order valence-electron chi connectivity index (χ2n) is 5.60. The van der Waals surface area contributed by atoms with Gasteiger partial charge in [0.15, 0.2) is 0 Å². The van der Waals surface area contributed by atoms with Gasteiger partial charge in [0.05, 0.1) is 0 Å². The second-order valence-corrected chi connectivity index (χ2v) is 6.01. The van der Waals surface area contributed by atoms with Gasteiger partial charge in [0.25, 0.3) is 0 Å². The van der Waals surface area contributed by atoms with E-state index in [-0.39, 0.29) is 5.82 Å². The van der Waals surface area contributed by atoms with Gasteiger partial charge in [-0.25, -0.2) is 4.39 Å². The molecule has 108 valence electrons. The zero-order valence-corrected chi connectivity index (χ0v) is 13.0. The van der Waals surface area contributed by atoms with E-state index in [1.165, 1.54) is 18.9 Å². The lowest BCUT2D eigenvalue weighted by Crippen LogP contribution is -2.20. The zero-order valence-electron chi connectivity index (χ0n) is 12.2. The lowest BCUT2D eigenvalue weighted by atomic mass is 10.0. The van der Waals surface area contributed by atoms with Crippen molar-refractivity contribution in [3.05, 3.63) is 34.1 Å². The molecule has 0 aliphatic rings. The molecule has 1 N–H and O–H groups in total. The predicted molar refractivity (Wildman–Crippen MR) is 81.4 cm³/mol. The summed E-state index contributed by atoms with van der Waals surface area (Å²) in [4.78, 5) is 0. The summed E-state index contributed by atoms with van der Waals surface area (Å²) >= 11 is 6.05. The Hall–Kier alpha value is -0.600. The summed E-state index contributed by atoms with van der Waals surface area (Å²) in [5.74, 6) is 0.493. The van der Waals surface area contributed by atoms with Crippen LogP contribution in [0.4, 0.5) is 4.39 Å². The Bertz CT molecular complexity index is 391. The van der Waals surface area contributed by atoms with E-state index in [1.54, 1.807) is 6.92 Å². The quantitative estimate of drug-likeness (QED) is 0.680. The molecule has 3 heteroatoms. The molecule has 1 aromatic rings. The topological polar surface area (TPSA) is 12.0 Å². The molecule has 0 amide bonds. The summed E-state index contributed by atoms with van der Waals surface area (Å²) in [6.45, 7) is 8.38. The van der Waals surface area contributed by atoms with Crippen molar-refractivity contribution in [2.75, 3.05) is 13.1 Å². The van der Waals surface area contributed by atoms with Crippen LogP contribution in [-0.4, -0.2) is 13.1 Å². The maximum Gasteiger partial charge on any atom is 0.127 e. The van der Waals surface area contributed by atoms with Crippen LogP contribution in [0.1, 0.15) is 44.2 Å². The first-order valence-electron chi connectivity index (χ1n) is 7.16. The Labute approximate surface area is 121 Å². The molecule has 0 heterocycles. The van der Waals surface area contributed by atoms with Crippen molar-refractivity contribution >= 4 is 11.6 Å². The van der Waals surface area contributed by atoms with Crippen molar-refractivity contribution in [3.63, 3.8) is 0 Å². The number of rotatable bonds is 8. The highest BCUT2D eigenvalue weighted by Crippen LogP contribution is 2.22. The summed E-state index contributed by atoms with van der Waals surface area (Å²) in [5, 5.41) is 3.99. The highest BCUT2D eigenvalue weighted by Gasteiger charge is 2.05. The van der Waals surface area contributed by atoms with Gasteiger partial charge in [0.1, 0.15) is 5.82 Å². The second kappa shape index (κ2) is 8.55. The minimum Gasteiger partial charge on any atom is -0.316 e. The molecule has 0 bridgehead atoms. The average molecular weight is 286 g/mol. The Morgan fingerprint density at radius 1 is 1.21 bits per heavy atom. The molecule has 1 rings (SSSR count). The van der Waals surface area contributed by atoms with Crippen LogP contribution in [-0.2, 0) is 6.42 Å². The maximum absolute atomic E-state index is 13.3. The molecule has 0 atom stereocenters. The van der Waals surface area contributed by atoms with Crippen LogP contribution >= 0.6 is 11.6 Å². The molecular formula is C16H25ClFN. The predicted octanol–water partition coefficient (Wildman–Crippen LogP) is 4.75. The molecule has 0 aromatic heterocycles. The number of hydrogen-bond acceptors (Lipinski definition) is 1. The van der Waals surface area contributed by atoms with Gasteiger partial charge in [0.2, 0.25) is 0 Å². The van der Waals surface area contributed by atoms with E-state index in [9.17, 15) is 4.39 Å². The lowest BCUT2D eigenvalue weighted by Gasteiger charge is -2.08. The third-order valence-corrected chi connectivity index (χ3v) is 3.53. The van der Waals surface area contributed by atoms with E-state index in [4.69, 9.17) is 11.6 Å². The molecule has 0 unspecified atom stereocenters. The first-order chi connectivity index (χ1) is 9.00. The molecule has 1 nitrogen and oxygen atoms in total. The molecular weight excluding hydrogens is 261 g/mol. The largest absolute Gasteiger partial charge is 0.316 e. The van der Waals surface area contributed by atoms with E-state index < -0.39 is 0 Å². The van der Waals surface area contributed by atoms with Gasteiger partial charge in [-0.15, -0.1) is 0 Å². The molecule has 0 saturated carbocycles. The van der Waals surface area contributed by atoms with Crippen molar-refractivity contribution in [1.29, 1.82) is 0 Å². The van der Waals surface area contributed by atoms with Gasteiger partial charge in [-0.2, -0.15) is 0 Å². The fourth-order valence-electron chi connectivity index (χ4n) is 2.04. The number of halogens is 2. The number of aryl methyl sites for hydroxylation is 2. The maximum atomic E-state index is 13.3. The SMILES string of the molecule is Cc1cc(CCCCCNCC(C)C)c(Cl)cc1F. The van der Waals surface area contributed by atoms with Gasteiger partial charge >= 0.3 is 0 Å². The van der Waals surface area contributed by atoms with Crippen LogP contribution in [0.15, 0.2) is 12.1 Å². The molecule has 0 aliphatic carbocycles. The van der Waals surface area contributed by atoms with Crippen LogP contribution in [0.2, 0.25) is 5.02 Å². The Morgan fingerprint density at radius 3 is 2.63 bits per heavy atom. The Kier molecular flexibility index (Phi) is 7.40. The van der Waals surface area contributed by atoms with Crippen LogP contribution in [0.3, 0.4) is 0 Å². The summed E-state index contributed by atoms with van der Waals surface area (Å²) in [6, 6.07) is 3.30. The lowest BCUT2D eigenvalue weighted by molar-refractivity contribution is 0.530. The monoisotopic (exact) mass is 285 g/mol. The minimum absolute atomic E-state index is 0.216. The molecule has 0 fully saturated rings. The van der Waals surface area contributed by atoms with Crippen LogP contribution < -0.4 is 5.32 Å². The van der Waals surface area contributed by atoms with Crippen molar-refractivity contribution in [2.45, 2.75) is 46.5 Å². The summed E-state index contributed by atoms with van der Waals surface area (Å²) in [7, 11) is 0. The van der Waals surface area contributed by atoms with Gasteiger partial charge in [0, 0.05) is 5.02 Å². The molecule has 0 radical (unpaired) electrons. The molecule has 19 heavy (non-hydrogen) atoms. The summed E-state index contributed by atoms with van der Waals surface area (Å²) < 4.78 is 13.3. The summed E-state index contributed by atoms with van der Waals surface area (Å²) in [6.07, 6.45) is 4.40. The van der Waals surface area contributed by atoms with E-state index >= 15 is 0 Å². The van der Waals surface area contributed by atoms with E-state index in [2.05, 4.69) is 19.2 Å². The number of hydrogen-bond donors (Lipinski definition) is 1. The van der Waals surface area contributed by atoms with Gasteiger partial charge in [-0.1, -0.05) is 37.9 Å². The first-order valence-corrected chi connectivity index (χ1v) is 7.53. The normalized spacial score (nSPS) is 11.3. The molecule has 0 spiro atoms. The van der Waals surface area contributed by atoms with E-state index in [1.807, 2.05) is 6.07 Å². The molecule has 1 aromatic carbocycles. The van der Waals surface area contributed by atoms with Gasteiger partial charge in [-0.3, -0.25) is 0 Å². The first kappa shape index (κ1) is 16.5. The smallest absolute Gasteiger partial charge is 0.127 e. The number of unbranched alkanes of at least 4 members (excludes halogenated alkanes) is 2. The number of nitrogens with one attached hydrogen (secondary N) is 1. The average Bonchev–Trinajstić information content (AvgIpc) is 2.33. The van der Waals surface area contributed by atoms with E-state index in [0.29, 0.717) is 16.5 Å². The third-order valence-electron chi connectivity index (χ3n) is 3.18. The Balaban J connectivity index is 2.21. The van der Waals surface area contributed by atoms with Crippen LogP contribution in [0, 0.1) is 18.7 Å². The minimum atomic E-state index is -0.216. The standard InChI is InChI=1S/C16H25ClFN/c1-12(2)11-19-8-6-4-5-7-14-9-13(3)16(18)10-15(14)17/h9-10,12,19H,4-8,11H2,1-3H3. The molecule has 0 aliphatic heterocycles. The van der Waals surface area contributed by atoms with Gasteiger partial charge in [-0.05, 0) is 62.4 Å². The van der Waals surface area contributed by atoms with Crippen molar-refractivity contribution in [3.8, 4) is 0 Å². The fourth-order valence-corrected chi connectivity index (χ4v) is 2.29. The third kappa shape index (κ3) is 6.40. The van der Waals surface area contributed by atoms with Crippen molar-refractivity contribution < 1.29 is 4.39 Å². The highest BCUT2D eigenvalue weighted by atomic mass is 35.5. The van der Waals surface area contributed by atoms with Crippen LogP contribution in [0.5, 0.6) is 0 Å². The van der Waals surface area contributed by atoms with Gasteiger partial charge < -0.3 is 5.32 Å². The van der Waals surface area contributed by atoms with E-state index in [0.717, 1.165) is 31.5 Å². The van der Waals surface area contributed by atoms with Crippen molar-refractivity contribution in [1.82, 2.24) is 5.32 Å².